The van der Waals surface area contributed by atoms with Crippen molar-refractivity contribution in [3.63, 3.8) is 0 Å². The molecule has 3 nitrogen and oxygen atoms in total. The third kappa shape index (κ3) is 3.25. The van der Waals surface area contributed by atoms with Crippen molar-refractivity contribution in [2.75, 3.05) is 0 Å². The molecular weight excluding hydrogens is 284 g/mol. The maximum Gasteiger partial charge on any atom is 0.255 e. The Bertz CT molecular complexity index is 742. The summed E-state index contributed by atoms with van der Waals surface area (Å²) in [7, 11) is 0. The molecule has 3 rings (SSSR count). The first-order valence-corrected chi connectivity index (χ1v) is 8.61. The van der Waals surface area contributed by atoms with Gasteiger partial charge in [-0.25, -0.2) is 0 Å². The first-order chi connectivity index (χ1) is 11.1. The second kappa shape index (κ2) is 6.71. The molecule has 2 N–H and O–H groups in total. The van der Waals surface area contributed by atoms with E-state index in [2.05, 4.69) is 32.0 Å². The van der Waals surface area contributed by atoms with Gasteiger partial charge in [-0.1, -0.05) is 49.1 Å². The van der Waals surface area contributed by atoms with Gasteiger partial charge in [-0.05, 0) is 43.9 Å². The normalized spacial score (nSPS) is 17.2. The van der Waals surface area contributed by atoms with E-state index in [4.69, 9.17) is 5.73 Å². The Morgan fingerprint density at radius 3 is 2.57 bits per heavy atom. The van der Waals surface area contributed by atoms with Gasteiger partial charge in [-0.15, -0.1) is 0 Å². The monoisotopic (exact) mass is 310 g/mol. The van der Waals surface area contributed by atoms with Crippen LogP contribution in [-0.4, -0.2) is 4.57 Å². The highest BCUT2D eigenvalue weighted by molar-refractivity contribution is 5.38. The van der Waals surface area contributed by atoms with Gasteiger partial charge >= 0.3 is 0 Å². The number of hydrogen-bond acceptors (Lipinski definition) is 2. The molecule has 1 atom stereocenters. The second-order valence-corrected chi connectivity index (χ2v) is 6.81. The lowest BCUT2D eigenvalue weighted by Gasteiger charge is -2.25. The van der Waals surface area contributed by atoms with Gasteiger partial charge in [0.05, 0.1) is 6.04 Å². The lowest BCUT2D eigenvalue weighted by atomic mass is 9.93. The summed E-state index contributed by atoms with van der Waals surface area (Å²) >= 11 is 0. The first kappa shape index (κ1) is 16.0. The molecule has 1 aromatic carbocycles. The van der Waals surface area contributed by atoms with E-state index < -0.39 is 0 Å². The fraction of sp³-hybridized carbons (Fsp3) is 0.450. The third-order valence-corrected chi connectivity index (χ3v) is 5.08. The van der Waals surface area contributed by atoms with Crippen LogP contribution in [0.5, 0.6) is 0 Å². The van der Waals surface area contributed by atoms with Crippen molar-refractivity contribution in [2.24, 2.45) is 5.73 Å². The van der Waals surface area contributed by atoms with E-state index in [0.29, 0.717) is 11.6 Å². The molecule has 0 spiro atoms. The van der Waals surface area contributed by atoms with Gasteiger partial charge in [0, 0.05) is 17.8 Å². The van der Waals surface area contributed by atoms with E-state index in [1.165, 1.54) is 24.8 Å². The lowest BCUT2D eigenvalue weighted by molar-refractivity contribution is 0.345. The first-order valence-electron chi connectivity index (χ1n) is 8.61. The SMILES string of the molecule is Cc1ccc(C)c(C(N)c2cccn(C3CCCCC3)c2=O)c1. The van der Waals surface area contributed by atoms with Crippen molar-refractivity contribution < 1.29 is 0 Å². The van der Waals surface area contributed by atoms with Gasteiger partial charge in [-0.2, -0.15) is 0 Å². The highest BCUT2D eigenvalue weighted by Gasteiger charge is 2.20. The summed E-state index contributed by atoms with van der Waals surface area (Å²) in [6, 6.07) is 10.1. The lowest BCUT2D eigenvalue weighted by Crippen LogP contribution is -2.31. The smallest absolute Gasteiger partial charge is 0.255 e. The molecule has 0 amide bonds. The Morgan fingerprint density at radius 2 is 1.83 bits per heavy atom. The molecule has 1 aliphatic carbocycles. The summed E-state index contributed by atoms with van der Waals surface area (Å²) in [5.74, 6) is 0. The van der Waals surface area contributed by atoms with E-state index in [-0.39, 0.29) is 11.6 Å². The molecule has 0 bridgehead atoms. The largest absolute Gasteiger partial charge is 0.320 e. The topological polar surface area (TPSA) is 48.0 Å². The maximum atomic E-state index is 13.0. The Hall–Kier alpha value is -1.87. The molecule has 1 heterocycles. The van der Waals surface area contributed by atoms with Gasteiger partial charge in [0.15, 0.2) is 0 Å². The molecule has 1 unspecified atom stereocenters. The summed E-state index contributed by atoms with van der Waals surface area (Å²) < 4.78 is 1.92. The van der Waals surface area contributed by atoms with E-state index in [0.717, 1.165) is 24.0 Å². The third-order valence-electron chi connectivity index (χ3n) is 5.08. The quantitative estimate of drug-likeness (QED) is 0.931. The van der Waals surface area contributed by atoms with E-state index in [1.54, 1.807) is 0 Å². The maximum absolute atomic E-state index is 13.0. The minimum Gasteiger partial charge on any atom is -0.320 e. The number of pyridine rings is 1. The Morgan fingerprint density at radius 1 is 1.09 bits per heavy atom. The predicted molar refractivity (Wildman–Crippen MR) is 94.8 cm³/mol. The standard InChI is InChI=1S/C20H26N2O/c1-14-10-11-15(2)18(13-14)19(21)17-9-6-12-22(20(17)23)16-7-4-3-5-8-16/h6,9-13,16,19H,3-5,7-8,21H2,1-2H3. The molecule has 0 aliphatic heterocycles. The number of nitrogens with zero attached hydrogens (tertiary/aromatic N) is 1. The molecule has 122 valence electrons. The van der Waals surface area contributed by atoms with Crippen molar-refractivity contribution in [3.8, 4) is 0 Å². The minimum absolute atomic E-state index is 0.0767. The van der Waals surface area contributed by atoms with Crippen LogP contribution in [0.4, 0.5) is 0 Å². The number of rotatable bonds is 3. The van der Waals surface area contributed by atoms with Crippen molar-refractivity contribution in [3.05, 3.63) is 69.1 Å². The van der Waals surface area contributed by atoms with Crippen LogP contribution in [0.25, 0.3) is 0 Å². The number of nitrogens with two attached hydrogens (primary N) is 1. The van der Waals surface area contributed by atoms with E-state index >= 15 is 0 Å². The molecule has 1 saturated carbocycles. The molecule has 1 aromatic heterocycles. The van der Waals surface area contributed by atoms with Crippen LogP contribution in [0, 0.1) is 13.8 Å². The number of aromatic nitrogens is 1. The number of benzene rings is 1. The highest BCUT2D eigenvalue weighted by atomic mass is 16.1. The Balaban J connectivity index is 1.99. The second-order valence-electron chi connectivity index (χ2n) is 6.81. The number of hydrogen-bond donors (Lipinski definition) is 1. The van der Waals surface area contributed by atoms with Crippen LogP contribution < -0.4 is 11.3 Å². The van der Waals surface area contributed by atoms with Crippen LogP contribution in [0.1, 0.15) is 66.4 Å². The predicted octanol–water partition coefficient (Wildman–Crippen LogP) is 4.02. The van der Waals surface area contributed by atoms with Gasteiger partial charge in [0.1, 0.15) is 0 Å². The van der Waals surface area contributed by atoms with Gasteiger partial charge < -0.3 is 10.3 Å². The molecule has 2 aromatic rings. The molecule has 0 saturated heterocycles. The number of aryl methyl sites for hydroxylation is 2. The van der Waals surface area contributed by atoms with Gasteiger partial charge in [-0.3, -0.25) is 4.79 Å². The van der Waals surface area contributed by atoms with Gasteiger partial charge in [0.2, 0.25) is 0 Å². The minimum atomic E-state index is -0.363. The summed E-state index contributed by atoms with van der Waals surface area (Å²) in [5, 5.41) is 0. The fourth-order valence-electron chi connectivity index (χ4n) is 3.67. The van der Waals surface area contributed by atoms with Crippen LogP contribution in [0.2, 0.25) is 0 Å². The van der Waals surface area contributed by atoms with Crippen molar-refractivity contribution in [1.82, 2.24) is 4.57 Å². The van der Waals surface area contributed by atoms with E-state index in [1.807, 2.05) is 22.9 Å². The van der Waals surface area contributed by atoms with Crippen LogP contribution in [-0.2, 0) is 0 Å². The Kier molecular flexibility index (Phi) is 4.67. The molecule has 23 heavy (non-hydrogen) atoms. The van der Waals surface area contributed by atoms with Crippen LogP contribution in [0.3, 0.4) is 0 Å². The highest BCUT2D eigenvalue weighted by Crippen LogP contribution is 2.28. The molecule has 1 fully saturated rings. The van der Waals surface area contributed by atoms with Gasteiger partial charge in [0.25, 0.3) is 5.56 Å². The summed E-state index contributed by atoms with van der Waals surface area (Å²) in [5.41, 5.74) is 10.6. The molecule has 3 heteroatoms. The molecule has 0 radical (unpaired) electrons. The fourth-order valence-corrected chi connectivity index (χ4v) is 3.67. The zero-order chi connectivity index (χ0) is 16.4. The Labute approximate surface area is 138 Å². The average Bonchev–Trinajstić information content (AvgIpc) is 2.57. The molecule has 1 aliphatic rings. The molecular formula is C20H26N2O. The van der Waals surface area contributed by atoms with Crippen molar-refractivity contribution in [2.45, 2.75) is 58.0 Å². The summed E-state index contributed by atoms with van der Waals surface area (Å²) in [6.07, 6.45) is 7.84. The van der Waals surface area contributed by atoms with Crippen molar-refractivity contribution in [1.29, 1.82) is 0 Å². The van der Waals surface area contributed by atoms with E-state index in [9.17, 15) is 4.79 Å². The van der Waals surface area contributed by atoms with Crippen LogP contribution >= 0.6 is 0 Å². The van der Waals surface area contributed by atoms with Crippen LogP contribution in [0.15, 0.2) is 41.3 Å². The average molecular weight is 310 g/mol. The summed E-state index contributed by atoms with van der Waals surface area (Å²) in [6.45, 7) is 4.11. The summed E-state index contributed by atoms with van der Waals surface area (Å²) in [4.78, 5) is 13.0. The zero-order valence-electron chi connectivity index (χ0n) is 14.1. The zero-order valence-corrected chi connectivity index (χ0v) is 14.1. The van der Waals surface area contributed by atoms with Crippen molar-refractivity contribution >= 4 is 0 Å².